The van der Waals surface area contributed by atoms with E-state index in [2.05, 4.69) is 10.6 Å². The number of hydrogen-bond donors (Lipinski definition) is 3. The van der Waals surface area contributed by atoms with Crippen molar-refractivity contribution in [1.29, 1.82) is 0 Å². The largest absolute Gasteiger partial charge is 0.489 e. The van der Waals surface area contributed by atoms with Gasteiger partial charge in [0.05, 0.1) is 17.5 Å². The van der Waals surface area contributed by atoms with Crippen molar-refractivity contribution in [3.63, 3.8) is 0 Å². The van der Waals surface area contributed by atoms with E-state index in [1.807, 2.05) is 82.3 Å². The monoisotopic (exact) mass is 615 g/mol. The van der Waals surface area contributed by atoms with Gasteiger partial charge in [0.15, 0.2) is 11.4 Å². The molecule has 9 nitrogen and oxygen atoms in total. The Morgan fingerprint density at radius 3 is 2.40 bits per heavy atom. The molecule has 0 fully saturated rings. The van der Waals surface area contributed by atoms with E-state index in [4.69, 9.17) is 14.2 Å². The lowest BCUT2D eigenvalue weighted by Crippen LogP contribution is -2.49. The standard InChI is InChI=1S/C36H45N3O6/c1-7-36(8-2)27-16-12-13-17-29(27)39(33(42)45-36)19-18-34(3,4)37-22-30(40)26-20-25(43-23-24-14-10-9-11-15-24)21-28-31(26)44-35(5,6)32(41)38-28/h9-17,20-21,30,37,40H,7-8,18-19,22-23H2,1-6H3,(H,38,41). The molecule has 2 amide bonds. The van der Waals surface area contributed by atoms with Crippen molar-refractivity contribution in [2.24, 2.45) is 0 Å². The average Bonchev–Trinajstić information content (AvgIpc) is 3.02. The van der Waals surface area contributed by atoms with E-state index < -0.39 is 22.8 Å². The van der Waals surface area contributed by atoms with Crippen LogP contribution < -0.4 is 25.0 Å². The van der Waals surface area contributed by atoms with Crippen molar-refractivity contribution < 1.29 is 28.9 Å². The number of para-hydroxylation sites is 1. The van der Waals surface area contributed by atoms with Crippen LogP contribution in [0.1, 0.15) is 83.6 Å². The highest BCUT2D eigenvalue weighted by molar-refractivity contribution is 6.00. The summed E-state index contributed by atoms with van der Waals surface area (Å²) in [7, 11) is 0. The number of amides is 2. The minimum Gasteiger partial charge on any atom is -0.489 e. The molecule has 0 spiro atoms. The van der Waals surface area contributed by atoms with Crippen molar-refractivity contribution in [2.45, 2.75) is 90.3 Å². The molecule has 240 valence electrons. The van der Waals surface area contributed by atoms with E-state index in [-0.39, 0.29) is 18.5 Å². The van der Waals surface area contributed by atoms with Crippen LogP contribution in [0.3, 0.4) is 0 Å². The maximum absolute atomic E-state index is 13.2. The molecule has 3 N–H and O–H groups in total. The van der Waals surface area contributed by atoms with Gasteiger partial charge in [-0.2, -0.15) is 0 Å². The number of aliphatic hydroxyl groups excluding tert-OH is 1. The second-order valence-electron chi connectivity index (χ2n) is 13.0. The minimum absolute atomic E-state index is 0.203. The highest BCUT2D eigenvalue weighted by atomic mass is 16.6. The average molecular weight is 616 g/mol. The zero-order valence-electron chi connectivity index (χ0n) is 27.1. The van der Waals surface area contributed by atoms with E-state index in [1.54, 1.807) is 30.9 Å². The molecule has 3 aromatic carbocycles. The Morgan fingerprint density at radius 1 is 1.00 bits per heavy atom. The Bertz CT molecular complexity index is 1530. The van der Waals surface area contributed by atoms with Crippen LogP contribution in [0.4, 0.5) is 16.2 Å². The first-order valence-corrected chi connectivity index (χ1v) is 15.8. The van der Waals surface area contributed by atoms with Crippen molar-refractivity contribution >= 4 is 23.4 Å². The van der Waals surface area contributed by atoms with E-state index in [1.165, 1.54) is 0 Å². The molecule has 0 saturated heterocycles. The lowest BCUT2D eigenvalue weighted by Gasteiger charge is -2.42. The number of carbonyl (C=O) groups is 2. The summed E-state index contributed by atoms with van der Waals surface area (Å²) in [5, 5.41) is 17.9. The molecule has 5 rings (SSSR count). The first-order valence-electron chi connectivity index (χ1n) is 15.8. The molecule has 2 aliphatic rings. The second kappa shape index (κ2) is 12.7. The number of anilines is 2. The first kappa shape index (κ1) is 32.3. The summed E-state index contributed by atoms with van der Waals surface area (Å²) in [5.74, 6) is 0.650. The summed E-state index contributed by atoms with van der Waals surface area (Å²) in [6.45, 7) is 12.5. The summed E-state index contributed by atoms with van der Waals surface area (Å²) in [6, 6.07) is 21.2. The van der Waals surface area contributed by atoms with Gasteiger partial charge in [0.25, 0.3) is 5.91 Å². The van der Waals surface area contributed by atoms with Gasteiger partial charge in [0, 0.05) is 35.8 Å². The normalized spacial score (nSPS) is 17.4. The summed E-state index contributed by atoms with van der Waals surface area (Å²) in [5.41, 5.74) is 1.71. The third-order valence-electron chi connectivity index (χ3n) is 8.92. The van der Waals surface area contributed by atoms with Crippen LogP contribution in [0.25, 0.3) is 0 Å². The zero-order valence-corrected chi connectivity index (χ0v) is 27.1. The molecule has 3 aromatic rings. The molecule has 45 heavy (non-hydrogen) atoms. The smallest absolute Gasteiger partial charge is 0.415 e. The number of cyclic esters (lactones) is 1. The van der Waals surface area contributed by atoms with Gasteiger partial charge in [0.1, 0.15) is 18.0 Å². The number of hydrogen-bond acceptors (Lipinski definition) is 7. The van der Waals surface area contributed by atoms with Crippen LogP contribution >= 0.6 is 0 Å². The topological polar surface area (TPSA) is 109 Å². The van der Waals surface area contributed by atoms with Gasteiger partial charge in [-0.3, -0.25) is 9.69 Å². The molecular formula is C36H45N3O6. The number of aliphatic hydroxyl groups is 1. The van der Waals surface area contributed by atoms with Gasteiger partial charge in [-0.25, -0.2) is 4.79 Å². The van der Waals surface area contributed by atoms with Crippen molar-refractivity contribution in [3.8, 4) is 11.5 Å². The fraction of sp³-hybridized carbons (Fsp3) is 0.444. The highest BCUT2D eigenvalue weighted by Crippen LogP contribution is 2.44. The lowest BCUT2D eigenvalue weighted by molar-refractivity contribution is -0.129. The maximum Gasteiger partial charge on any atom is 0.415 e. The van der Waals surface area contributed by atoms with E-state index >= 15 is 0 Å². The Morgan fingerprint density at radius 2 is 1.69 bits per heavy atom. The van der Waals surface area contributed by atoms with Crippen molar-refractivity contribution in [2.75, 3.05) is 23.3 Å². The minimum atomic E-state index is -1.10. The first-order chi connectivity index (χ1) is 21.4. The molecule has 0 aromatic heterocycles. The number of β-amino-alcohol motifs (C(OH)–C–C–N with tert-alkyl or cyclic N) is 1. The molecule has 0 bridgehead atoms. The molecule has 1 atom stereocenters. The number of ether oxygens (including phenoxy) is 3. The molecular weight excluding hydrogens is 570 g/mol. The van der Waals surface area contributed by atoms with E-state index in [0.29, 0.717) is 55.2 Å². The van der Waals surface area contributed by atoms with Gasteiger partial charge in [-0.15, -0.1) is 0 Å². The Hall–Kier alpha value is -4.08. The molecule has 1 unspecified atom stereocenters. The molecule has 2 aliphatic heterocycles. The van der Waals surface area contributed by atoms with E-state index in [0.717, 1.165) is 16.8 Å². The number of benzene rings is 3. The second-order valence-corrected chi connectivity index (χ2v) is 13.0. The van der Waals surface area contributed by atoms with Gasteiger partial charge in [-0.05, 0) is 64.7 Å². The molecule has 0 saturated carbocycles. The van der Waals surface area contributed by atoms with Crippen molar-refractivity contribution in [3.05, 3.63) is 83.4 Å². The summed E-state index contributed by atoms with van der Waals surface area (Å²) < 4.78 is 18.2. The fourth-order valence-corrected chi connectivity index (χ4v) is 5.90. The number of fused-ring (bicyclic) bond motifs is 2. The maximum atomic E-state index is 13.2. The quantitative estimate of drug-likeness (QED) is 0.205. The van der Waals surface area contributed by atoms with Crippen molar-refractivity contribution in [1.82, 2.24) is 5.32 Å². The van der Waals surface area contributed by atoms with Gasteiger partial charge in [0.2, 0.25) is 0 Å². The summed E-state index contributed by atoms with van der Waals surface area (Å²) in [6.07, 6.45) is 0.704. The third-order valence-corrected chi connectivity index (χ3v) is 8.92. The summed E-state index contributed by atoms with van der Waals surface area (Å²) >= 11 is 0. The van der Waals surface area contributed by atoms with Gasteiger partial charge >= 0.3 is 6.09 Å². The van der Waals surface area contributed by atoms with E-state index in [9.17, 15) is 14.7 Å². The summed E-state index contributed by atoms with van der Waals surface area (Å²) in [4.78, 5) is 27.6. The SMILES string of the molecule is CCC1(CC)OC(=O)N(CCC(C)(C)NCC(O)c2cc(OCc3ccccc3)cc3c2OC(C)(C)C(=O)N3)c2ccccc21. The molecule has 9 heteroatoms. The van der Waals surface area contributed by atoms with Gasteiger partial charge < -0.3 is 30.0 Å². The zero-order chi connectivity index (χ0) is 32.4. The van der Waals surface area contributed by atoms with Crippen LogP contribution in [-0.2, 0) is 21.7 Å². The highest BCUT2D eigenvalue weighted by Gasteiger charge is 2.43. The molecule has 0 radical (unpaired) electrons. The van der Waals surface area contributed by atoms with Crippen LogP contribution in [0.5, 0.6) is 11.5 Å². The van der Waals surface area contributed by atoms with Crippen LogP contribution in [-0.4, -0.2) is 41.3 Å². The van der Waals surface area contributed by atoms with Crippen LogP contribution in [0.2, 0.25) is 0 Å². The Kier molecular flexibility index (Phi) is 9.14. The predicted molar refractivity (Wildman–Crippen MR) is 175 cm³/mol. The molecule has 2 heterocycles. The predicted octanol–water partition coefficient (Wildman–Crippen LogP) is 6.84. The molecule has 0 aliphatic carbocycles. The third kappa shape index (κ3) is 6.79. The number of nitrogens with zero attached hydrogens (tertiary/aromatic N) is 1. The Labute approximate surface area is 265 Å². The van der Waals surface area contributed by atoms with Crippen LogP contribution in [0, 0.1) is 0 Å². The lowest BCUT2D eigenvalue weighted by atomic mass is 9.85. The number of nitrogens with one attached hydrogen (secondary N) is 2. The fourth-order valence-electron chi connectivity index (χ4n) is 5.90. The van der Waals surface area contributed by atoms with Gasteiger partial charge in [-0.1, -0.05) is 62.4 Å². The number of rotatable bonds is 12. The van der Waals surface area contributed by atoms with Crippen LogP contribution in [0.15, 0.2) is 66.7 Å². The Balaban J connectivity index is 1.30. The number of carbonyl (C=O) groups excluding carboxylic acids is 2.